The Labute approximate surface area is 117 Å². The van der Waals surface area contributed by atoms with Crippen LogP contribution in [0.15, 0.2) is 30.3 Å². The lowest BCUT2D eigenvalue weighted by atomic mass is 9.84. The Hall–Kier alpha value is -1.35. The first-order chi connectivity index (χ1) is 9.11. The molecule has 106 valence electrons. The lowest BCUT2D eigenvalue weighted by Gasteiger charge is -2.28. The first-order valence-electron chi connectivity index (χ1n) is 7.06. The SMILES string of the molecule is CCC(C)C(C(=O)N(C)CCNC)c1ccccc1. The van der Waals surface area contributed by atoms with Gasteiger partial charge in [0.25, 0.3) is 0 Å². The predicted molar refractivity (Wildman–Crippen MR) is 80.2 cm³/mol. The Kier molecular flexibility index (Phi) is 6.57. The van der Waals surface area contributed by atoms with Gasteiger partial charge in [0.2, 0.25) is 5.91 Å². The van der Waals surface area contributed by atoms with Crippen molar-refractivity contribution < 1.29 is 4.79 Å². The minimum Gasteiger partial charge on any atom is -0.344 e. The van der Waals surface area contributed by atoms with Crippen molar-refractivity contribution in [2.45, 2.75) is 26.2 Å². The zero-order chi connectivity index (χ0) is 14.3. The number of hydrogen-bond donors (Lipinski definition) is 1. The molecule has 3 heteroatoms. The van der Waals surface area contributed by atoms with E-state index in [4.69, 9.17) is 0 Å². The topological polar surface area (TPSA) is 32.3 Å². The van der Waals surface area contributed by atoms with Crippen LogP contribution in [-0.2, 0) is 4.79 Å². The molecule has 0 heterocycles. The lowest BCUT2D eigenvalue weighted by molar-refractivity contribution is -0.132. The molecular weight excluding hydrogens is 236 g/mol. The Morgan fingerprint density at radius 1 is 1.32 bits per heavy atom. The van der Waals surface area contributed by atoms with E-state index in [1.54, 1.807) is 0 Å². The van der Waals surface area contributed by atoms with Crippen LogP contribution in [0.2, 0.25) is 0 Å². The average molecular weight is 262 g/mol. The van der Waals surface area contributed by atoms with Gasteiger partial charge in [0.05, 0.1) is 5.92 Å². The highest BCUT2D eigenvalue weighted by molar-refractivity contribution is 5.83. The van der Waals surface area contributed by atoms with E-state index in [0.717, 1.165) is 25.1 Å². The second-order valence-corrected chi connectivity index (χ2v) is 5.14. The fraction of sp³-hybridized carbons (Fsp3) is 0.562. The molecule has 0 aromatic heterocycles. The fourth-order valence-electron chi connectivity index (χ4n) is 2.24. The second kappa shape index (κ2) is 7.95. The third-order valence-corrected chi connectivity index (χ3v) is 3.71. The number of carbonyl (C=O) groups excluding carboxylic acids is 1. The van der Waals surface area contributed by atoms with Crippen LogP contribution in [0.25, 0.3) is 0 Å². The van der Waals surface area contributed by atoms with E-state index in [2.05, 4.69) is 31.3 Å². The number of likely N-dealkylation sites (N-methyl/N-ethyl adjacent to an activating group) is 2. The maximum atomic E-state index is 12.6. The van der Waals surface area contributed by atoms with E-state index >= 15 is 0 Å². The van der Waals surface area contributed by atoms with Crippen LogP contribution in [-0.4, -0.2) is 38.0 Å². The summed E-state index contributed by atoms with van der Waals surface area (Å²) in [4.78, 5) is 14.5. The Balaban J connectivity index is 2.89. The maximum absolute atomic E-state index is 12.6. The molecule has 0 spiro atoms. The van der Waals surface area contributed by atoms with Crippen molar-refractivity contribution in [3.05, 3.63) is 35.9 Å². The van der Waals surface area contributed by atoms with E-state index < -0.39 is 0 Å². The number of amides is 1. The molecule has 0 aliphatic heterocycles. The fourth-order valence-corrected chi connectivity index (χ4v) is 2.24. The molecule has 1 aromatic carbocycles. The average Bonchev–Trinajstić information content (AvgIpc) is 2.45. The van der Waals surface area contributed by atoms with Crippen molar-refractivity contribution in [1.82, 2.24) is 10.2 Å². The summed E-state index contributed by atoms with van der Waals surface area (Å²) < 4.78 is 0. The Bertz CT molecular complexity index is 378. The van der Waals surface area contributed by atoms with E-state index in [9.17, 15) is 4.79 Å². The first kappa shape index (κ1) is 15.7. The second-order valence-electron chi connectivity index (χ2n) is 5.14. The summed E-state index contributed by atoms with van der Waals surface area (Å²) in [6.45, 7) is 5.86. The van der Waals surface area contributed by atoms with Crippen LogP contribution >= 0.6 is 0 Å². The Morgan fingerprint density at radius 3 is 2.47 bits per heavy atom. The highest BCUT2D eigenvalue weighted by atomic mass is 16.2. The van der Waals surface area contributed by atoms with Gasteiger partial charge in [0.1, 0.15) is 0 Å². The van der Waals surface area contributed by atoms with Crippen molar-refractivity contribution in [3.8, 4) is 0 Å². The molecule has 1 N–H and O–H groups in total. The predicted octanol–water partition coefficient (Wildman–Crippen LogP) is 2.49. The maximum Gasteiger partial charge on any atom is 0.230 e. The van der Waals surface area contributed by atoms with Crippen LogP contribution in [0.4, 0.5) is 0 Å². The summed E-state index contributed by atoms with van der Waals surface area (Å²) >= 11 is 0. The van der Waals surface area contributed by atoms with Crippen LogP contribution in [0.5, 0.6) is 0 Å². The monoisotopic (exact) mass is 262 g/mol. The van der Waals surface area contributed by atoms with Gasteiger partial charge in [-0.05, 0) is 18.5 Å². The van der Waals surface area contributed by atoms with Crippen LogP contribution < -0.4 is 5.32 Å². The summed E-state index contributed by atoms with van der Waals surface area (Å²) in [6.07, 6.45) is 1.01. The van der Waals surface area contributed by atoms with Gasteiger partial charge in [-0.25, -0.2) is 0 Å². The molecule has 0 aliphatic carbocycles. The van der Waals surface area contributed by atoms with Gasteiger partial charge < -0.3 is 10.2 Å². The molecule has 1 rings (SSSR count). The highest BCUT2D eigenvalue weighted by Crippen LogP contribution is 2.28. The van der Waals surface area contributed by atoms with Gasteiger partial charge in [-0.3, -0.25) is 4.79 Å². The molecule has 3 nitrogen and oxygen atoms in total. The zero-order valence-electron chi connectivity index (χ0n) is 12.5. The lowest BCUT2D eigenvalue weighted by Crippen LogP contribution is -2.38. The Morgan fingerprint density at radius 2 is 1.95 bits per heavy atom. The molecule has 0 aliphatic rings. The molecule has 19 heavy (non-hydrogen) atoms. The molecule has 0 radical (unpaired) electrons. The van der Waals surface area contributed by atoms with Gasteiger partial charge in [0, 0.05) is 20.1 Å². The van der Waals surface area contributed by atoms with E-state index in [0.29, 0.717) is 5.92 Å². The summed E-state index contributed by atoms with van der Waals surface area (Å²) in [7, 11) is 3.79. The zero-order valence-corrected chi connectivity index (χ0v) is 12.5. The van der Waals surface area contributed by atoms with Crippen molar-refractivity contribution in [1.29, 1.82) is 0 Å². The van der Waals surface area contributed by atoms with Crippen LogP contribution in [0, 0.1) is 5.92 Å². The van der Waals surface area contributed by atoms with Crippen molar-refractivity contribution in [2.75, 3.05) is 27.2 Å². The molecule has 2 atom stereocenters. The third-order valence-electron chi connectivity index (χ3n) is 3.71. The van der Waals surface area contributed by atoms with Crippen LogP contribution in [0.1, 0.15) is 31.7 Å². The minimum absolute atomic E-state index is 0.0342. The molecule has 1 amide bonds. The van der Waals surface area contributed by atoms with Gasteiger partial charge >= 0.3 is 0 Å². The number of hydrogen-bond acceptors (Lipinski definition) is 2. The number of rotatable bonds is 7. The number of nitrogens with one attached hydrogen (secondary N) is 1. The number of nitrogens with zero attached hydrogens (tertiary/aromatic N) is 1. The van der Waals surface area contributed by atoms with Gasteiger partial charge in [-0.2, -0.15) is 0 Å². The molecule has 1 aromatic rings. The largest absolute Gasteiger partial charge is 0.344 e. The molecule has 0 saturated carbocycles. The molecule has 0 bridgehead atoms. The van der Waals surface area contributed by atoms with Gasteiger partial charge in [0.15, 0.2) is 0 Å². The smallest absolute Gasteiger partial charge is 0.230 e. The summed E-state index contributed by atoms with van der Waals surface area (Å²) in [5.41, 5.74) is 1.12. The molecule has 0 saturated heterocycles. The summed E-state index contributed by atoms with van der Waals surface area (Å²) in [5, 5.41) is 3.08. The standard InChI is InChI=1S/C16H26N2O/c1-5-13(2)15(14-9-7-6-8-10-14)16(19)18(4)12-11-17-3/h6-10,13,15,17H,5,11-12H2,1-4H3. The van der Waals surface area contributed by atoms with Crippen molar-refractivity contribution in [3.63, 3.8) is 0 Å². The number of carbonyl (C=O) groups is 1. The molecule has 0 fully saturated rings. The van der Waals surface area contributed by atoms with Crippen molar-refractivity contribution in [2.24, 2.45) is 5.92 Å². The minimum atomic E-state index is -0.0342. The quantitative estimate of drug-likeness (QED) is 0.819. The van der Waals surface area contributed by atoms with Crippen LogP contribution in [0.3, 0.4) is 0 Å². The van der Waals surface area contributed by atoms with E-state index in [1.807, 2.05) is 37.2 Å². The third kappa shape index (κ3) is 4.35. The molecule has 2 unspecified atom stereocenters. The van der Waals surface area contributed by atoms with Crippen molar-refractivity contribution >= 4 is 5.91 Å². The van der Waals surface area contributed by atoms with E-state index in [1.165, 1.54) is 0 Å². The molecular formula is C16H26N2O. The summed E-state index contributed by atoms with van der Waals surface area (Å²) in [5.74, 6) is 0.538. The highest BCUT2D eigenvalue weighted by Gasteiger charge is 2.27. The first-order valence-corrected chi connectivity index (χ1v) is 7.06. The van der Waals surface area contributed by atoms with Gasteiger partial charge in [-0.1, -0.05) is 50.6 Å². The summed E-state index contributed by atoms with van der Waals surface area (Å²) in [6, 6.07) is 10.1. The normalized spacial score (nSPS) is 13.9. The number of benzene rings is 1. The van der Waals surface area contributed by atoms with E-state index in [-0.39, 0.29) is 11.8 Å². The van der Waals surface area contributed by atoms with Gasteiger partial charge in [-0.15, -0.1) is 0 Å².